The van der Waals surface area contributed by atoms with Gasteiger partial charge in [0.2, 0.25) is 0 Å². The van der Waals surface area contributed by atoms with E-state index in [4.69, 9.17) is 0 Å². The maximum Gasteiger partial charge on any atom is -0.0301 e. The van der Waals surface area contributed by atoms with Gasteiger partial charge in [-0.25, -0.2) is 0 Å². The molecule has 0 unspecified atom stereocenters. The minimum atomic E-state index is 1.00. The molecule has 1 aliphatic rings. The highest BCUT2D eigenvalue weighted by Crippen LogP contribution is 2.20. The summed E-state index contributed by atoms with van der Waals surface area (Å²) in [5.74, 6) is 1.00. The first-order chi connectivity index (χ1) is 4.83. The largest absolute Gasteiger partial charge is 0.459 e. The molecule has 0 atom stereocenters. The summed E-state index contributed by atoms with van der Waals surface area (Å²) in [6.45, 7) is 4.70. The van der Waals surface area contributed by atoms with Crippen molar-refractivity contribution in [3.8, 4) is 0 Å². The van der Waals surface area contributed by atoms with Crippen molar-refractivity contribution in [1.82, 2.24) is 4.90 Å². The number of likely N-dealkylation sites (tertiary alicyclic amines) is 1. The molecule has 0 aromatic carbocycles. The summed E-state index contributed by atoms with van der Waals surface area (Å²) >= 11 is 0. The molecule has 1 saturated heterocycles. The average Bonchev–Trinajstić information content (AvgIpc) is 1.95. The van der Waals surface area contributed by atoms with E-state index in [0.29, 0.717) is 0 Å². The molecule has 1 heteroatoms. The van der Waals surface area contributed by atoms with E-state index in [2.05, 4.69) is 18.9 Å². The standard InChI is InChI=1S/C9H18N/c1-3-4-9-5-7-10(2)8-6-9/h9H,2-8H2,1H3/q-1. The molecule has 0 aliphatic carbocycles. The predicted octanol–water partition coefficient (Wildman–Crippen LogP) is 2.29. The zero-order valence-corrected chi connectivity index (χ0v) is 6.97. The quantitative estimate of drug-likeness (QED) is 0.532. The SMILES string of the molecule is [CH2-]N1CCC(CCC)CC1. The Kier molecular flexibility index (Phi) is 3.20. The summed E-state index contributed by atoms with van der Waals surface area (Å²) in [5.41, 5.74) is 0. The highest BCUT2D eigenvalue weighted by molar-refractivity contribution is 4.70. The van der Waals surface area contributed by atoms with Crippen molar-refractivity contribution in [2.24, 2.45) is 5.92 Å². The molecule has 0 aromatic rings. The second-order valence-electron chi connectivity index (χ2n) is 3.35. The minimum Gasteiger partial charge on any atom is -0.459 e. The fraction of sp³-hybridized carbons (Fsp3) is 0.889. The monoisotopic (exact) mass is 140 g/mol. The summed E-state index contributed by atoms with van der Waals surface area (Å²) < 4.78 is 0. The van der Waals surface area contributed by atoms with Crippen molar-refractivity contribution in [2.45, 2.75) is 32.6 Å². The number of nitrogens with zero attached hydrogens (tertiary/aromatic N) is 1. The molecular weight excluding hydrogens is 122 g/mol. The van der Waals surface area contributed by atoms with E-state index in [-0.39, 0.29) is 0 Å². The lowest BCUT2D eigenvalue weighted by atomic mass is 9.93. The molecule has 0 N–H and O–H groups in total. The van der Waals surface area contributed by atoms with Crippen molar-refractivity contribution in [3.63, 3.8) is 0 Å². The van der Waals surface area contributed by atoms with Crippen LogP contribution in [-0.2, 0) is 0 Å². The average molecular weight is 140 g/mol. The molecule has 1 aliphatic heterocycles. The van der Waals surface area contributed by atoms with E-state index in [1.807, 2.05) is 0 Å². The Morgan fingerprint density at radius 1 is 1.40 bits per heavy atom. The predicted molar refractivity (Wildman–Crippen MR) is 44.6 cm³/mol. The van der Waals surface area contributed by atoms with Crippen molar-refractivity contribution in [1.29, 1.82) is 0 Å². The number of piperidine rings is 1. The lowest BCUT2D eigenvalue weighted by molar-refractivity contribution is 0.230. The van der Waals surface area contributed by atoms with Gasteiger partial charge < -0.3 is 4.90 Å². The van der Waals surface area contributed by atoms with Crippen LogP contribution >= 0.6 is 0 Å². The van der Waals surface area contributed by atoms with Gasteiger partial charge in [-0.1, -0.05) is 19.8 Å². The van der Waals surface area contributed by atoms with Crippen LogP contribution in [0.4, 0.5) is 0 Å². The normalized spacial score (nSPS) is 23.4. The summed E-state index contributed by atoms with van der Waals surface area (Å²) in [7, 11) is 3.93. The third-order valence-corrected chi connectivity index (χ3v) is 2.40. The molecule has 1 fully saturated rings. The van der Waals surface area contributed by atoms with Gasteiger partial charge >= 0.3 is 0 Å². The van der Waals surface area contributed by atoms with Gasteiger partial charge in [0, 0.05) is 0 Å². The molecule has 1 nitrogen and oxygen atoms in total. The fourth-order valence-corrected chi connectivity index (χ4v) is 1.68. The summed E-state index contributed by atoms with van der Waals surface area (Å²) in [5, 5.41) is 0. The van der Waals surface area contributed by atoms with Crippen LogP contribution < -0.4 is 0 Å². The Morgan fingerprint density at radius 3 is 2.50 bits per heavy atom. The van der Waals surface area contributed by atoms with Crippen molar-refractivity contribution in [2.75, 3.05) is 13.1 Å². The molecule has 0 aromatic heterocycles. The smallest absolute Gasteiger partial charge is 0.0301 e. The van der Waals surface area contributed by atoms with E-state index in [1.54, 1.807) is 0 Å². The Labute approximate surface area is 64.4 Å². The molecule has 10 heavy (non-hydrogen) atoms. The zero-order chi connectivity index (χ0) is 7.40. The van der Waals surface area contributed by atoms with E-state index in [1.165, 1.54) is 38.8 Å². The Balaban J connectivity index is 2.13. The highest BCUT2D eigenvalue weighted by Gasteiger charge is 2.11. The third kappa shape index (κ3) is 2.30. The van der Waals surface area contributed by atoms with Crippen LogP contribution in [0.25, 0.3) is 0 Å². The number of rotatable bonds is 2. The number of hydrogen-bond acceptors (Lipinski definition) is 1. The van der Waals surface area contributed by atoms with Gasteiger partial charge in [-0.15, -0.1) is 0 Å². The van der Waals surface area contributed by atoms with Crippen LogP contribution in [0.3, 0.4) is 0 Å². The van der Waals surface area contributed by atoms with Gasteiger partial charge in [0.25, 0.3) is 0 Å². The van der Waals surface area contributed by atoms with E-state index >= 15 is 0 Å². The first-order valence-electron chi connectivity index (χ1n) is 4.38. The Bertz CT molecular complexity index is 82.7. The van der Waals surface area contributed by atoms with Crippen LogP contribution in [-0.4, -0.2) is 18.0 Å². The Hall–Kier alpha value is -0.0400. The van der Waals surface area contributed by atoms with Gasteiger partial charge in [-0.2, -0.15) is 0 Å². The third-order valence-electron chi connectivity index (χ3n) is 2.40. The highest BCUT2D eigenvalue weighted by atomic mass is 15.1. The molecule has 0 amide bonds. The zero-order valence-electron chi connectivity index (χ0n) is 6.97. The van der Waals surface area contributed by atoms with Crippen molar-refractivity contribution in [3.05, 3.63) is 7.05 Å². The lowest BCUT2D eigenvalue weighted by Gasteiger charge is -2.34. The van der Waals surface area contributed by atoms with Gasteiger partial charge in [0.1, 0.15) is 0 Å². The van der Waals surface area contributed by atoms with Gasteiger partial charge in [0.05, 0.1) is 0 Å². The van der Waals surface area contributed by atoms with Crippen LogP contribution in [0.5, 0.6) is 0 Å². The molecule has 1 heterocycles. The van der Waals surface area contributed by atoms with Crippen LogP contribution in [0.1, 0.15) is 32.6 Å². The van der Waals surface area contributed by atoms with E-state index < -0.39 is 0 Å². The topological polar surface area (TPSA) is 3.24 Å². The fourth-order valence-electron chi connectivity index (χ4n) is 1.68. The Morgan fingerprint density at radius 2 is 2.00 bits per heavy atom. The molecule has 1 rings (SSSR count). The number of hydrogen-bond donors (Lipinski definition) is 0. The molecule has 0 radical (unpaired) electrons. The molecule has 60 valence electrons. The first-order valence-corrected chi connectivity index (χ1v) is 4.38. The minimum absolute atomic E-state index is 1.00. The van der Waals surface area contributed by atoms with Crippen LogP contribution in [0.15, 0.2) is 0 Å². The van der Waals surface area contributed by atoms with Gasteiger partial charge in [-0.3, -0.25) is 7.05 Å². The van der Waals surface area contributed by atoms with Crippen molar-refractivity contribution < 1.29 is 0 Å². The second-order valence-corrected chi connectivity index (χ2v) is 3.35. The van der Waals surface area contributed by atoms with Crippen LogP contribution in [0, 0.1) is 13.0 Å². The van der Waals surface area contributed by atoms with Crippen molar-refractivity contribution >= 4 is 0 Å². The van der Waals surface area contributed by atoms with Gasteiger partial charge in [0.15, 0.2) is 0 Å². The molecule has 0 spiro atoms. The van der Waals surface area contributed by atoms with Gasteiger partial charge in [-0.05, 0) is 31.8 Å². The van der Waals surface area contributed by atoms with E-state index in [0.717, 1.165) is 5.92 Å². The molecule has 0 bridgehead atoms. The first kappa shape index (κ1) is 8.06. The summed E-state index contributed by atoms with van der Waals surface area (Å²) in [6, 6.07) is 0. The maximum atomic E-state index is 3.93. The molecular formula is C9H18N-. The maximum absolute atomic E-state index is 3.93. The lowest BCUT2D eigenvalue weighted by Crippen LogP contribution is -2.28. The summed E-state index contributed by atoms with van der Waals surface area (Å²) in [6.07, 6.45) is 5.52. The van der Waals surface area contributed by atoms with Crippen LogP contribution in [0.2, 0.25) is 0 Å². The molecule has 0 saturated carbocycles. The van der Waals surface area contributed by atoms with E-state index in [9.17, 15) is 0 Å². The second kappa shape index (κ2) is 3.97. The summed E-state index contributed by atoms with van der Waals surface area (Å²) in [4.78, 5) is 2.19.